The quantitative estimate of drug-likeness (QED) is 0.593. The predicted octanol–water partition coefficient (Wildman–Crippen LogP) is 3.37. The van der Waals surface area contributed by atoms with Gasteiger partial charge in [-0.1, -0.05) is 12.1 Å². The van der Waals surface area contributed by atoms with Gasteiger partial charge in [0.15, 0.2) is 0 Å². The average Bonchev–Trinajstić information content (AvgIpc) is 2.45. The molecule has 3 rings (SSSR count). The molecule has 0 atom stereocenters. The lowest BCUT2D eigenvalue weighted by atomic mass is 10.1. The van der Waals surface area contributed by atoms with Crippen LogP contribution in [0.1, 0.15) is 11.1 Å². The molecular formula is C16H14N2O2S. The molecule has 1 aromatic carbocycles. The summed E-state index contributed by atoms with van der Waals surface area (Å²) in [6, 6.07) is 9.29. The molecule has 0 aliphatic heterocycles. The molecule has 3 aromatic rings. The molecule has 2 N–H and O–H groups in total. The summed E-state index contributed by atoms with van der Waals surface area (Å²) in [5, 5.41) is 0.959. The first kappa shape index (κ1) is 13.7. The van der Waals surface area contributed by atoms with Gasteiger partial charge in [0, 0.05) is 28.3 Å². The molecule has 0 saturated carbocycles. The fourth-order valence-corrected chi connectivity index (χ4v) is 3.06. The number of aryl methyl sites for hydroxylation is 1. The Hall–Kier alpha value is -2.27. The van der Waals surface area contributed by atoms with Crippen molar-refractivity contribution < 1.29 is 4.42 Å². The van der Waals surface area contributed by atoms with E-state index in [0.717, 1.165) is 21.4 Å². The molecule has 0 bridgehead atoms. The van der Waals surface area contributed by atoms with Gasteiger partial charge in [0.1, 0.15) is 5.58 Å². The summed E-state index contributed by atoms with van der Waals surface area (Å²) in [4.78, 5) is 16.6. The first-order valence-corrected chi connectivity index (χ1v) is 7.48. The molecule has 0 aliphatic carbocycles. The number of hydrogen-bond donors (Lipinski definition) is 1. The number of hydrogen-bond acceptors (Lipinski definition) is 5. The number of pyridine rings is 1. The van der Waals surface area contributed by atoms with E-state index in [0.29, 0.717) is 17.0 Å². The summed E-state index contributed by atoms with van der Waals surface area (Å²) in [7, 11) is 0. The molecule has 2 heterocycles. The topological polar surface area (TPSA) is 69.1 Å². The van der Waals surface area contributed by atoms with Crippen molar-refractivity contribution in [2.75, 3.05) is 5.73 Å². The fourth-order valence-electron chi connectivity index (χ4n) is 2.14. The molecule has 0 radical (unpaired) electrons. The monoisotopic (exact) mass is 298 g/mol. The number of nitrogens with zero attached hydrogens (tertiary/aromatic N) is 1. The molecule has 5 heteroatoms. The lowest BCUT2D eigenvalue weighted by Gasteiger charge is -2.07. The summed E-state index contributed by atoms with van der Waals surface area (Å²) in [6.07, 6.45) is 3.34. The molecule has 4 nitrogen and oxygen atoms in total. The largest absolute Gasteiger partial charge is 0.423 e. The third kappa shape index (κ3) is 2.92. The lowest BCUT2D eigenvalue weighted by Crippen LogP contribution is -2.00. The Balaban J connectivity index is 1.97. The summed E-state index contributed by atoms with van der Waals surface area (Å²) < 4.78 is 5.26. The predicted molar refractivity (Wildman–Crippen MR) is 85.4 cm³/mol. The number of fused-ring (bicyclic) bond motifs is 1. The van der Waals surface area contributed by atoms with Crippen LogP contribution in [0.25, 0.3) is 11.0 Å². The number of nitrogen functional groups attached to an aromatic ring is 1. The van der Waals surface area contributed by atoms with Crippen molar-refractivity contribution >= 4 is 28.4 Å². The Kier molecular flexibility index (Phi) is 3.66. The van der Waals surface area contributed by atoms with Crippen LogP contribution in [0.5, 0.6) is 0 Å². The Morgan fingerprint density at radius 1 is 1.29 bits per heavy atom. The molecule has 106 valence electrons. The van der Waals surface area contributed by atoms with Crippen LogP contribution >= 0.6 is 11.8 Å². The minimum atomic E-state index is -0.327. The zero-order valence-electron chi connectivity index (χ0n) is 11.5. The highest BCUT2D eigenvalue weighted by Crippen LogP contribution is 2.29. The summed E-state index contributed by atoms with van der Waals surface area (Å²) in [5.74, 6) is 0.652. The van der Waals surface area contributed by atoms with Crippen molar-refractivity contribution in [3.63, 3.8) is 0 Å². The van der Waals surface area contributed by atoms with Gasteiger partial charge < -0.3 is 10.2 Å². The van der Waals surface area contributed by atoms with Gasteiger partial charge in [0.25, 0.3) is 0 Å². The standard InChI is InChI=1S/C16H14N2O2S/c1-10-2-3-12-11(7-16(19)20-14(12)6-10)9-21-15-4-5-18-8-13(15)17/h2-8H,9,17H2,1H3. The summed E-state index contributed by atoms with van der Waals surface area (Å²) >= 11 is 1.58. The van der Waals surface area contributed by atoms with Crippen molar-refractivity contribution in [2.24, 2.45) is 0 Å². The Morgan fingerprint density at radius 3 is 2.95 bits per heavy atom. The van der Waals surface area contributed by atoms with Crippen molar-refractivity contribution in [2.45, 2.75) is 17.6 Å². The van der Waals surface area contributed by atoms with E-state index in [9.17, 15) is 4.79 Å². The average molecular weight is 298 g/mol. The number of rotatable bonds is 3. The number of nitrogens with two attached hydrogens (primary N) is 1. The molecular weight excluding hydrogens is 284 g/mol. The Bertz CT molecular complexity index is 858. The van der Waals surface area contributed by atoms with Gasteiger partial charge in [-0.2, -0.15) is 0 Å². The van der Waals surface area contributed by atoms with Crippen molar-refractivity contribution in [3.05, 3.63) is 64.3 Å². The molecule has 0 spiro atoms. The molecule has 2 aromatic heterocycles. The second-order valence-corrected chi connectivity index (χ2v) is 5.81. The van der Waals surface area contributed by atoms with Gasteiger partial charge in [-0.15, -0.1) is 11.8 Å². The number of thioether (sulfide) groups is 1. The maximum absolute atomic E-state index is 11.7. The van der Waals surface area contributed by atoms with E-state index in [2.05, 4.69) is 4.98 Å². The number of aromatic nitrogens is 1. The minimum Gasteiger partial charge on any atom is -0.423 e. The SMILES string of the molecule is Cc1ccc2c(CSc3ccncc3N)cc(=O)oc2c1. The highest BCUT2D eigenvalue weighted by molar-refractivity contribution is 7.98. The van der Waals surface area contributed by atoms with E-state index in [4.69, 9.17) is 10.2 Å². The van der Waals surface area contributed by atoms with E-state index in [-0.39, 0.29) is 5.63 Å². The second-order valence-electron chi connectivity index (χ2n) is 4.79. The summed E-state index contributed by atoms with van der Waals surface area (Å²) in [5.41, 5.74) is 8.84. The van der Waals surface area contributed by atoms with Crippen molar-refractivity contribution in [1.29, 1.82) is 0 Å². The second kappa shape index (κ2) is 5.61. The number of anilines is 1. The van der Waals surface area contributed by atoms with Gasteiger partial charge in [0.05, 0.1) is 11.9 Å². The maximum atomic E-state index is 11.7. The highest BCUT2D eigenvalue weighted by Gasteiger charge is 2.07. The van der Waals surface area contributed by atoms with Crippen LogP contribution in [0.15, 0.2) is 56.8 Å². The molecule has 21 heavy (non-hydrogen) atoms. The minimum absolute atomic E-state index is 0.327. The number of benzene rings is 1. The Morgan fingerprint density at radius 2 is 2.14 bits per heavy atom. The highest BCUT2D eigenvalue weighted by atomic mass is 32.2. The zero-order valence-corrected chi connectivity index (χ0v) is 12.3. The van der Waals surface area contributed by atoms with Gasteiger partial charge in [-0.3, -0.25) is 4.98 Å². The van der Waals surface area contributed by atoms with Crippen LogP contribution in [0, 0.1) is 6.92 Å². The van der Waals surface area contributed by atoms with Crippen LogP contribution in [0.2, 0.25) is 0 Å². The molecule has 0 fully saturated rings. The normalized spacial score (nSPS) is 10.9. The Labute approximate surface area is 126 Å². The molecule has 0 unspecified atom stereocenters. The van der Waals surface area contributed by atoms with Crippen LogP contribution in [0.3, 0.4) is 0 Å². The van der Waals surface area contributed by atoms with E-state index in [1.807, 2.05) is 31.2 Å². The zero-order chi connectivity index (χ0) is 14.8. The third-order valence-corrected chi connectivity index (χ3v) is 4.32. The van der Waals surface area contributed by atoms with Crippen LogP contribution in [-0.2, 0) is 5.75 Å². The first-order valence-electron chi connectivity index (χ1n) is 6.49. The van der Waals surface area contributed by atoms with E-state index in [1.54, 1.807) is 30.2 Å². The van der Waals surface area contributed by atoms with Gasteiger partial charge in [-0.25, -0.2) is 4.79 Å². The molecule has 0 saturated heterocycles. The van der Waals surface area contributed by atoms with Gasteiger partial charge in [-0.05, 0) is 30.2 Å². The fraction of sp³-hybridized carbons (Fsp3) is 0.125. The third-order valence-electron chi connectivity index (χ3n) is 3.18. The van der Waals surface area contributed by atoms with Crippen LogP contribution < -0.4 is 11.4 Å². The molecule has 0 amide bonds. The van der Waals surface area contributed by atoms with Gasteiger partial charge >= 0.3 is 5.63 Å². The van der Waals surface area contributed by atoms with E-state index < -0.39 is 0 Å². The van der Waals surface area contributed by atoms with Crippen LogP contribution in [-0.4, -0.2) is 4.98 Å². The van der Waals surface area contributed by atoms with Crippen molar-refractivity contribution in [3.8, 4) is 0 Å². The van der Waals surface area contributed by atoms with Crippen molar-refractivity contribution in [1.82, 2.24) is 4.98 Å². The first-order chi connectivity index (χ1) is 10.1. The molecule has 0 aliphatic rings. The lowest BCUT2D eigenvalue weighted by molar-refractivity contribution is 0.559. The van der Waals surface area contributed by atoms with Gasteiger partial charge in [0.2, 0.25) is 0 Å². The van der Waals surface area contributed by atoms with E-state index in [1.165, 1.54) is 0 Å². The van der Waals surface area contributed by atoms with Crippen LogP contribution in [0.4, 0.5) is 5.69 Å². The smallest absolute Gasteiger partial charge is 0.336 e. The maximum Gasteiger partial charge on any atom is 0.336 e. The summed E-state index contributed by atoms with van der Waals surface area (Å²) in [6.45, 7) is 1.97. The van der Waals surface area contributed by atoms with E-state index >= 15 is 0 Å².